The SMILES string of the molecule is CC1OCC[C@@H](C)C1C. The monoisotopic (exact) mass is 128 g/mol. The maximum atomic E-state index is 5.46. The molecular weight excluding hydrogens is 112 g/mol. The molecule has 1 nitrogen and oxygen atoms in total. The van der Waals surface area contributed by atoms with Crippen LogP contribution in [-0.2, 0) is 4.74 Å². The van der Waals surface area contributed by atoms with Crippen LogP contribution in [0, 0.1) is 11.8 Å². The Morgan fingerprint density at radius 2 is 1.89 bits per heavy atom. The fraction of sp³-hybridized carbons (Fsp3) is 1.00. The van der Waals surface area contributed by atoms with Gasteiger partial charge in [-0.15, -0.1) is 0 Å². The Balaban J connectivity index is 2.41. The fourth-order valence-electron chi connectivity index (χ4n) is 1.32. The van der Waals surface area contributed by atoms with E-state index in [-0.39, 0.29) is 0 Å². The molecule has 0 aromatic rings. The molecule has 3 atom stereocenters. The van der Waals surface area contributed by atoms with Crippen LogP contribution < -0.4 is 0 Å². The van der Waals surface area contributed by atoms with Gasteiger partial charge in [-0.2, -0.15) is 0 Å². The van der Waals surface area contributed by atoms with E-state index in [1.54, 1.807) is 0 Å². The van der Waals surface area contributed by atoms with Gasteiger partial charge >= 0.3 is 0 Å². The van der Waals surface area contributed by atoms with E-state index in [1.807, 2.05) is 0 Å². The molecule has 1 aliphatic heterocycles. The summed E-state index contributed by atoms with van der Waals surface area (Å²) in [4.78, 5) is 0. The second kappa shape index (κ2) is 2.70. The van der Waals surface area contributed by atoms with Crippen molar-refractivity contribution in [2.75, 3.05) is 6.61 Å². The molecule has 0 aliphatic carbocycles. The summed E-state index contributed by atoms with van der Waals surface area (Å²) in [5, 5.41) is 0. The molecule has 0 radical (unpaired) electrons. The quantitative estimate of drug-likeness (QED) is 0.485. The first-order chi connectivity index (χ1) is 4.22. The molecule has 9 heavy (non-hydrogen) atoms. The van der Waals surface area contributed by atoms with Crippen LogP contribution in [0.2, 0.25) is 0 Å². The topological polar surface area (TPSA) is 9.23 Å². The standard InChI is InChI=1S/C8H16O/c1-6-4-5-9-8(3)7(6)2/h6-8H,4-5H2,1-3H3/t6-,7?,8?/m1/s1. The largest absolute Gasteiger partial charge is 0.378 e. The average Bonchev–Trinajstić information content (AvgIpc) is 1.83. The molecule has 2 unspecified atom stereocenters. The molecule has 1 heterocycles. The summed E-state index contributed by atoms with van der Waals surface area (Å²) in [6.07, 6.45) is 1.72. The first-order valence-corrected chi connectivity index (χ1v) is 3.83. The Bertz CT molecular complexity index is 80.6. The third-order valence-corrected chi connectivity index (χ3v) is 2.59. The van der Waals surface area contributed by atoms with Gasteiger partial charge in [0.05, 0.1) is 6.10 Å². The van der Waals surface area contributed by atoms with Crippen LogP contribution in [0.3, 0.4) is 0 Å². The van der Waals surface area contributed by atoms with E-state index in [2.05, 4.69) is 20.8 Å². The van der Waals surface area contributed by atoms with Crippen LogP contribution in [0.1, 0.15) is 27.2 Å². The van der Waals surface area contributed by atoms with Gasteiger partial charge in [-0.25, -0.2) is 0 Å². The second-order valence-electron chi connectivity index (χ2n) is 3.20. The lowest BCUT2D eigenvalue weighted by Gasteiger charge is -2.31. The smallest absolute Gasteiger partial charge is 0.0575 e. The molecule has 0 spiro atoms. The van der Waals surface area contributed by atoms with Crippen molar-refractivity contribution in [3.8, 4) is 0 Å². The predicted molar refractivity (Wildman–Crippen MR) is 38.4 cm³/mol. The zero-order valence-electron chi connectivity index (χ0n) is 6.55. The van der Waals surface area contributed by atoms with Crippen molar-refractivity contribution in [2.45, 2.75) is 33.3 Å². The lowest BCUT2D eigenvalue weighted by molar-refractivity contribution is -0.0345. The van der Waals surface area contributed by atoms with Crippen LogP contribution in [0.25, 0.3) is 0 Å². The third-order valence-electron chi connectivity index (χ3n) is 2.59. The molecule has 1 saturated heterocycles. The van der Waals surface area contributed by atoms with Crippen LogP contribution in [0.15, 0.2) is 0 Å². The highest BCUT2D eigenvalue weighted by Gasteiger charge is 2.23. The summed E-state index contributed by atoms with van der Waals surface area (Å²) in [7, 11) is 0. The molecular formula is C8H16O. The predicted octanol–water partition coefficient (Wildman–Crippen LogP) is 2.07. The summed E-state index contributed by atoms with van der Waals surface area (Å²) in [5.74, 6) is 1.60. The van der Waals surface area contributed by atoms with Crippen LogP contribution in [0.5, 0.6) is 0 Å². The Kier molecular flexibility index (Phi) is 2.12. The van der Waals surface area contributed by atoms with Gasteiger partial charge in [0.2, 0.25) is 0 Å². The number of ether oxygens (including phenoxy) is 1. The van der Waals surface area contributed by atoms with Gasteiger partial charge in [-0.1, -0.05) is 13.8 Å². The molecule has 54 valence electrons. The van der Waals surface area contributed by atoms with Gasteiger partial charge < -0.3 is 4.74 Å². The molecule has 0 saturated carbocycles. The zero-order valence-corrected chi connectivity index (χ0v) is 6.55. The van der Waals surface area contributed by atoms with Gasteiger partial charge in [0.1, 0.15) is 0 Å². The lowest BCUT2D eigenvalue weighted by atomic mass is 9.87. The van der Waals surface area contributed by atoms with Crippen molar-refractivity contribution in [2.24, 2.45) is 11.8 Å². The molecule has 0 amide bonds. The molecule has 0 aromatic heterocycles. The molecule has 1 rings (SSSR count). The van der Waals surface area contributed by atoms with Crippen molar-refractivity contribution in [1.82, 2.24) is 0 Å². The van der Waals surface area contributed by atoms with Crippen LogP contribution in [0.4, 0.5) is 0 Å². The van der Waals surface area contributed by atoms with Gasteiger partial charge in [0, 0.05) is 6.61 Å². The first kappa shape index (κ1) is 7.07. The lowest BCUT2D eigenvalue weighted by Crippen LogP contribution is -2.30. The van der Waals surface area contributed by atoms with Crippen molar-refractivity contribution in [3.05, 3.63) is 0 Å². The zero-order chi connectivity index (χ0) is 6.85. The average molecular weight is 128 g/mol. The van der Waals surface area contributed by atoms with Gasteiger partial charge in [-0.05, 0) is 25.2 Å². The van der Waals surface area contributed by atoms with E-state index in [0.717, 1.165) is 18.4 Å². The Morgan fingerprint density at radius 3 is 2.33 bits per heavy atom. The maximum absolute atomic E-state index is 5.46. The van der Waals surface area contributed by atoms with Gasteiger partial charge in [-0.3, -0.25) is 0 Å². The third kappa shape index (κ3) is 1.45. The van der Waals surface area contributed by atoms with Crippen molar-refractivity contribution in [3.63, 3.8) is 0 Å². The van der Waals surface area contributed by atoms with Crippen molar-refractivity contribution < 1.29 is 4.74 Å². The number of hydrogen-bond donors (Lipinski definition) is 0. The first-order valence-electron chi connectivity index (χ1n) is 3.83. The highest BCUT2D eigenvalue weighted by molar-refractivity contribution is 4.72. The Morgan fingerprint density at radius 1 is 1.22 bits per heavy atom. The van der Waals surface area contributed by atoms with Gasteiger partial charge in [0.25, 0.3) is 0 Å². The molecule has 0 bridgehead atoms. The minimum Gasteiger partial charge on any atom is -0.378 e. The van der Waals surface area contributed by atoms with E-state index >= 15 is 0 Å². The second-order valence-corrected chi connectivity index (χ2v) is 3.20. The maximum Gasteiger partial charge on any atom is 0.0575 e. The number of hydrogen-bond acceptors (Lipinski definition) is 1. The van der Waals surface area contributed by atoms with E-state index in [9.17, 15) is 0 Å². The minimum absolute atomic E-state index is 0.480. The van der Waals surface area contributed by atoms with E-state index < -0.39 is 0 Å². The van der Waals surface area contributed by atoms with E-state index in [1.165, 1.54) is 6.42 Å². The van der Waals surface area contributed by atoms with Crippen molar-refractivity contribution >= 4 is 0 Å². The van der Waals surface area contributed by atoms with Crippen LogP contribution in [-0.4, -0.2) is 12.7 Å². The minimum atomic E-state index is 0.480. The molecule has 0 N–H and O–H groups in total. The highest BCUT2D eigenvalue weighted by Crippen LogP contribution is 2.25. The summed E-state index contributed by atoms with van der Waals surface area (Å²) in [6.45, 7) is 7.71. The Hall–Kier alpha value is -0.0400. The Labute approximate surface area is 57.4 Å². The van der Waals surface area contributed by atoms with Gasteiger partial charge in [0.15, 0.2) is 0 Å². The van der Waals surface area contributed by atoms with E-state index in [0.29, 0.717) is 6.10 Å². The normalized spacial score (nSPS) is 45.0. The summed E-state index contributed by atoms with van der Waals surface area (Å²) in [5.41, 5.74) is 0. The summed E-state index contributed by atoms with van der Waals surface area (Å²) in [6, 6.07) is 0. The summed E-state index contributed by atoms with van der Waals surface area (Å²) >= 11 is 0. The van der Waals surface area contributed by atoms with E-state index in [4.69, 9.17) is 4.74 Å². The van der Waals surface area contributed by atoms with Crippen molar-refractivity contribution in [1.29, 1.82) is 0 Å². The number of rotatable bonds is 0. The fourth-order valence-corrected chi connectivity index (χ4v) is 1.32. The molecule has 0 aromatic carbocycles. The molecule has 1 aliphatic rings. The molecule has 1 heteroatoms. The van der Waals surface area contributed by atoms with Crippen LogP contribution >= 0.6 is 0 Å². The highest BCUT2D eigenvalue weighted by atomic mass is 16.5. The summed E-state index contributed by atoms with van der Waals surface area (Å²) < 4.78 is 5.46. The molecule has 1 fully saturated rings.